The van der Waals surface area contributed by atoms with Gasteiger partial charge in [0.2, 0.25) is 0 Å². The standard InChI is InChI=1S/C80H156O17P2/c1-6-9-12-15-18-21-24-27-29-30-35-39-44-49-54-59-64-78(83)91-70-76(97-80(85)66-61-56-51-46-41-36-31-33-37-42-47-52-57-62-73(4)5)72-95-99(88,89)93-68-74(81)67-92-98(86,87)94-71-75(69-90-77(82)63-58-53-48-43-38-32-26-23-20-17-14-11-8-3)96-79(84)65-60-55-50-45-40-34-28-25-22-19-16-13-10-7-2/h73-76,81H,6-72H2,1-5H3,(H,86,87)(H,88,89)/t74-,75+,76+/m0/s1. The number of hydrogen-bond acceptors (Lipinski definition) is 15. The average Bonchev–Trinajstić information content (AvgIpc) is 2.44. The molecule has 0 aromatic rings. The Hall–Kier alpha value is -1.94. The van der Waals surface area contributed by atoms with Crippen molar-refractivity contribution in [1.29, 1.82) is 0 Å². The number of phosphoric ester groups is 2. The van der Waals surface area contributed by atoms with Gasteiger partial charge in [-0.2, -0.15) is 0 Å². The van der Waals surface area contributed by atoms with E-state index in [1.165, 1.54) is 250 Å². The van der Waals surface area contributed by atoms with Crippen LogP contribution in [0.1, 0.15) is 426 Å². The number of unbranched alkanes of at least 4 members (excludes halogenated alkanes) is 52. The Bertz CT molecular complexity index is 1890. The molecule has 0 fully saturated rings. The number of aliphatic hydroxyl groups is 1. The number of ether oxygens (including phenoxy) is 4. The minimum absolute atomic E-state index is 0.108. The van der Waals surface area contributed by atoms with E-state index >= 15 is 0 Å². The van der Waals surface area contributed by atoms with E-state index in [1.807, 2.05) is 0 Å². The molecule has 0 bridgehead atoms. The molecule has 2 unspecified atom stereocenters. The van der Waals surface area contributed by atoms with Crippen LogP contribution in [-0.2, 0) is 65.4 Å². The molecule has 0 heterocycles. The minimum atomic E-state index is -4.96. The quantitative estimate of drug-likeness (QED) is 0.0222. The molecule has 5 atom stereocenters. The van der Waals surface area contributed by atoms with Crippen LogP contribution in [0.5, 0.6) is 0 Å². The van der Waals surface area contributed by atoms with Crippen molar-refractivity contribution >= 4 is 39.5 Å². The molecule has 0 spiro atoms. The molecule has 0 aliphatic rings. The smallest absolute Gasteiger partial charge is 0.462 e. The van der Waals surface area contributed by atoms with Gasteiger partial charge >= 0.3 is 39.5 Å². The van der Waals surface area contributed by atoms with Crippen molar-refractivity contribution in [2.75, 3.05) is 39.6 Å². The zero-order valence-electron chi connectivity index (χ0n) is 64.6. The number of hydrogen-bond donors (Lipinski definition) is 3. The first-order valence-electron chi connectivity index (χ1n) is 41.6. The fraction of sp³-hybridized carbons (Fsp3) is 0.950. The van der Waals surface area contributed by atoms with Gasteiger partial charge in [0.25, 0.3) is 0 Å². The third-order valence-corrected chi connectivity index (χ3v) is 20.7. The maximum absolute atomic E-state index is 13.1. The largest absolute Gasteiger partial charge is 0.472 e. The Morgan fingerprint density at radius 3 is 0.687 bits per heavy atom. The zero-order chi connectivity index (χ0) is 72.7. The van der Waals surface area contributed by atoms with E-state index < -0.39 is 97.5 Å². The van der Waals surface area contributed by atoms with E-state index in [0.717, 1.165) is 95.8 Å². The van der Waals surface area contributed by atoms with Crippen LogP contribution in [0.15, 0.2) is 0 Å². The fourth-order valence-corrected chi connectivity index (χ4v) is 14.0. The Kier molecular flexibility index (Phi) is 71.6. The average molecular weight is 1450 g/mol. The first-order valence-corrected chi connectivity index (χ1v) is 44.6. The lowest BCUT2D eigenvalue weighted by atomic mass is 10.0. The van der Waals surface area contributed by atoms with Crippen molar-refractivity contribution in [2.45, 2.75) is 445 Å². The van der Waals surface area contributed by atoms with E-state index in [-0.39, 0.29) is 25.7 Å². The number of carbonyl (C=O) groups is 4. The number of phosphoric acid groups is 2. The van der Waals surface area contributed by atoms with Crippen molar-refractivity contribution in [3.8, 4) is 0 Å². The molecule has 0 amide bonds. The number of carbonyl (C=O) groups excluding carboxylic acids is 4. The van der Waals surface area contributed by atoms with Crippen LogP contribution in [-0.4, -0.2) is 96.7 Å². The van der Waals surface area contributed by atoms with Crippen LogP contribution < -0.4 is 0 Å². The normalized spacial score (nSPS) is 13.9. The molecule has 19 heteroatoms. The maximum atomic E-state index is 13.1. The molecule has 99 heavy (non-hydrogen) atoms. The monoisotopic (exact) mass is 1450 g/mol. The highest BCUT2D eigenvalue weighted by Crippen LogP contribution is 2.45. The summed E-state index contributed by atoms with van der Waals surface area (Å²) in [6.45, 7) is 7.35. The fourth-order valence-electron chi connectivity index (χ4n) is 12.4. The van der Waals surface area contributed by atoms with Gasteiger partial charge in [0.1, 0.15) is 19.3 Å². The van der Waals surface area contributed by atoms with Crippen LogP contribution in [0, 0.1) is 5.92 Å². The van der Waals surface area contributed by atoms with Crippen molar-refractivity contribution in [3.05, 3.63) is 0 Å². The number of rotatable bonds is 80. The molecule has 0 saturated heterocycles. The zero-order valence-corrected chi connectivity index (χ0v) is 66.4. The Morgan fingerprint density at radius 2 is 0.465 bits per heavy atom. The van der Waals surface area contributed by atoms with Crippen molar-refractivity contribution in [3.63, 3.8) is 0 Å². The van der Waals surface area contributed by atoms with Gasteiger partial charge in [-0.15, -0.1) is 0 Å². The lowest BCUT2D eigenvalue weighted by Gasteiger charge is -2.21. The van der Waals surface area contributed by atoms with Gasteiger partial charge in [-0.3, -0.25) is 37.3 Å². The first kappa shape index (κ1) is 97.1. The summed E-state index contributed by atoms with van der Waals surface area (Å²) >= 11 is 0. The molecule has 0 aromatic heterocycles. The second-order valence-corrected chi connectivity index (χ2v) is 32.2. The van der Waals surface area contributed by atoms with Crippen molar-refractivity contribution in [2.24, 2.45) is 5.92 Å². The summed E-state index contributed by atoms with van der Waals surface area (Å²) in [5.41, 5.74) is 0. The van der Waals surface area contributed by atoms with E-state index in [9.17, 15) is 43.2 Å². The summed E-state index contributed by atoms with van der Waals surface area (Å²) in [5.74, 6) is -1.32. The summed E-state index contributed by atoms with van der Waals surface area (Å²) in [7, 11) is -9.92. The second-order valence-electron chi connectivity index (χ2n) is 29.3. The molecule has 0 radical (unpaired) electrons. The third kappa shape index (κ3) is 74.1. The van der Waals surface area contributed by atoms with Gasteiger partial charge in [-0.25, -0.2) is 9.13 Å². The summed E-state index contributed by atoms with van der Waals surface area (Å²) in [4.78, 5) is 73.0. The summed E-state index contributed by atoms with van der Waals surface area (Å²) in [5, 5.41) is 10.6. The summed E-state index contributed by atoms with van der Waals surface area (Å²) in [6, 6.07) is 0. The van der Waals surface area contributed by atoms with E-state index in [4.69, 9.17) is 37.0 Å². The van der Waals surface area contributed by atoms with Gasteiger partial charge in [0, 0.05) is 25.7 Å². The highest BCUT2D eigenvalue weighted by Gasteiger charge is 2.30. The van der Waals surface area contributed by atoms with Crippen LogP contribution in [0.25, 0.3) is 0 Å². The highest BCUT2D eigenvalue weighted by molar-refractivity contribution is 7.47. The molecule has 588 valence electrons. The predicted octanol–water partition coefficient (Wildman–Crippen LogP) is 24.0. The first-order chi connectivity index (χ1) is 48.0. The van der Waals surface area contributed by atoms with Gasteiger partial charge in [0.15, 0.2) is 12.2 Å². The molecule has 0 aromatic carbocycles. The highest BCUT2D eigenvalue weighted by atomic mass is 31.2. The second kappa shape index (κ2) is 73.0. The molecular weight excluding hydrogens is 1290 g/mol. The van der Waals surface area contributed by atoms with Gasteiger partial charge < -0.3 is 33.8 Å². The Morgan fingerprint density at radius 1 is 0.273 bits per heavy atom. The molecule has 0 aliphatic carbocycles. The molecule has 3 N–H and O–H groups in total. The molecule has 0 aliphatic heterocycles. The molecule has 0 saturated carbocycles. The summed E-state index contributed by atoms with van der Waals surface area (Å²) in [6.07, 6.45) is 63.6. The molecule has 0 rings (SSSR count). The van der Waals surface area contributed by atoms with Gasteiger partial charge in [-0.1, -0.05) is 375 Å². The minimum Gasteiger partial charge on any atom is -0.462 e. The lowest BCUT2D eigenvalue weighted by Crippen LogP contribution is -2.30. The predicted molar refractivity (Wildman–Crippen MR) is 405 cm³/mol. The number of esters is 4. The van der Waals surface area contributed by atoms with Gasteiger partial charge in [0.05, 0.1) is 26.4 Å². The topological polar surface area (TPSA) is 237 Å². The molecular formula is C80H156O17P2. The van der Waals surface area contributed by atoms with Crippen LogP contribution in [0.3, 0.4) is 0 Å². The summed E-state index contributed by atoms with van der Waals surface area (Å²) < 4.78 is 68.7. The van der Waals surface area contributed by atoms with Crippen LogP contribution >= 0.6 is 15.6 Å². The molecule has 17 nitrogen and oxygen atoms in total. The van der Waals surface area contributed by atoms with Gasteiger partial charge in [-0.05, 0) is 31.6 Å². The van der Waals surface area contributed by atoms with E-state index in [1.54, 1.807) is 0 Å². The van der Waals surface area contributed by atoms with Crippen LogP contribution in [0.2, 0.25) is 0 Å². The Balaban J connectivity index is 5.27. The number of aliphatic hydroxyl groups excluding tert-OH is 1. The lowest BCUT2D eigenvalue weighted by molar-refractivity contribution is -0.161. The maximum Gasteiger partial charge on any atom is 0.472 e. The van der Waals surface area contributed by atoms with E-state index in [0.29, 0.717) is 25.7 Å². The van der Waals surface area contributed by atoms with Crippen LogP contribution in [0.4, 0.5) is 0 Å². The van der Waals surface area contributed by atoms with Crippen molar-refractivity contribution in [1.82, 2.24) is 0 Å². The van der Waals surface area contributed by atoms with Crippen molar-refractivity contribution < 1.29 is 80.2 Å². The van der Waals surface area contributed by atoms with E-state index in [2.05, 4.69) is 34.6 Å². The SMILES string of the molecule is CCCCCCCCCCCCCCCCCCC(=O)OC[C@H](COP(=O)(O)OC[C@@H](O)COP(=O)(O)OC[C@@H](COC(=O)CCCCCCCCCCCCCCC)OC(=O)CCCCCCCCCCCCCCCC)OC(=O)CCCCCCCCCCCCCCCC(C)C. The third-order valence-electron chi connectivity index (χ3n) is 18.8. The Labute approximate surface area is 607 Å².